The van der Waals surface area contributed by atoms with Gasteiger partial charge in [0.15, 0.2) is 0 Å². The molecule has 1 fully saturated rings. The maximum atomic E-state index is 11.7. The van der Waals surface area contributed by atoms with Crippen molar-refractivity contribution in [3.8, 4) is 0 Å². The highest BCUT2D eigenvalue weighted by molar-refractivity contribution is 5.76. The molecule has 0 saturated carbocycles. The molecular formula is C13H18N2O. The molecule has 2 rings (SSSR count). The number of likely N-dealkylation sites (tertiary alicyclic amines) is 1. The van der Waals surface area contributed by atoms with Crippen LogP contribution in [0.5, 0.6) is 0 Å². The molecule has 0 aliphatic carbocycles. The Bertz CT molecular complexity index is 376. The van der Waals surface area contributed by atoms with Gasteiger partial charge in [0.1, 0.15) is 0 Å². The molecule has 86 valence electrons. The fourth-order valence-electron chi connectivity index (χ4n) is 2.10. The molecule has 0 spiro atoms. The van der Waals surface area contributed by atoms with Crippen LogP contribution in [0.25, 0.3) is 0 Å². The summed E-state index contributed by atoms with van der Waals surface area (Å²) in [6, 6.07) is 8.16. The zero-order valence-corrected chi connectivity index (χ0v) is 9.48. The summed E-state index contributed by atoms with van der Waals surface area (Å²) in [5.74, 6) is 0.282. The van der Waals surface area contributed by atoms with Crippen molar-refractivity contribution in [3.05, 3.63) is 35.4 Å². The molecule has 1 heterocycles. The second kappa shape index (κ2) is 5.12. The molecule has 3 nitrogen and oxygen atoms in total. The van der Waals surface area contributed by atoms with Gasteiger partial charge < -0.3 is 10.6 Å². The number of piperidine rings is 1. The zero-order chi connectivity index (χ0) is 11.4. The van der Waals surface area contributed by atoms with Gasteiger partial charge in [-0.3, -0.25) is 4.79 Å². The first-order valence-electron chi connectivity index (χ1n) is 5.85. The normalized spacial score (nSPS) is 16.6. The molecule has 16 heavy (non-hydrogen) atoms. The molecule has 0 aromatic heterocycles. The summed E-state index contributed by atoms with van der Waals surface area (Å²) in [7, 11) is 0. The molecule has 0 atom stereocenters. The van der Waals surface area contributed by atoms with E-state index < -0.39 is 0 Å². The van der Waals surface area contributed by atoms with Gasteiger partial charge in [-0.05, 0) is 24.0 Å². The van der Waals surface area contributed by atoms with E-state index in [2.05, 4.69) is 12.1 Å². The predicted octanol–water partition coefficient (Wildman–Crippen LogP) is 1.66. The Hall–Kier alpha value is -1.35. The topological polar surface area (TPSA) is 46.3 Å². The molecule has 0 unspecified atom stereocenters. The molecular weight excluding hydrogens is 200 g/mol. The zero-order valence-electron chi connectivity index (χ0n) is 9.48. The summed E-state index contributed by atoms with van der Waals surface area (Å²) in [4.78, 5) is 13.6. The summed E-state index contributed by atoms with van der Waals surface area (Å²) in [5, 5.41) is 0. The molecule has 0 bridgehead atoms. The first-order chi connectivity index (χ1) is 7.79. The predicted molar refractivity (Wildman–Crippen MR) is 63.6 cm³/mol. The monoisotopic (exact) mass is 218 g/mol. The Kier molecular flexibility index (Phi) is 3.57. The molecule has 3 heteroatoms. The molecule has 1 saturated heterocycles. The van der Waals surface area contributed by atoms with Crippen LogP contribution in [-0.4, -0.2) is 17.4 Å². The van der Waals surface area contributed by atoms with Gasteiger partial charge in [0.2, 0.25) is 5.91 Å². The van der Waals surface area contributed by atoms with Crippen molar-refractivity contribution < 1.29 is 4.79 Å². The first-order valence-corrected chi connectivity index (χ1v) is 5.85. The third-order valence-corrected chi connectivity index (χ3v) is 3.02. The van der Waals surface area contributed by atoms with Crippen molar-refractivity contribution in [2.75, 3.05) is 6.54 Å². The second-order valence-electron chi connectivity index (χ2n) is 4.30. The second-order valence-corrected chi connectivity index (χ2v) is 4.30. The first kappa shape index (κ1) is 11.1. The quantitative estimate of drug-likeness (QED) is 0.838. The average molecular weight is 218 g/mol. The molecule has 1 aliphatic heterocycles. The van der Waals surface area contributed by atoms with Gasteiger partial charge in [0.25, 0.3) is 0 Å². The summed E-state index contributed by atoms with van der Waals surface area (Å²) >= 11 is 0. The van der Waals surface area contributed by atoms with Gasteiger partial charge in [0, 0.05) is 26.1 Å². The molecule has 0 radical (unpaired) electrons. The SMILES string of the molecule is NCc1cccc(CN2CCCCC2=O)c1. The van der Waals surface area contributed by atoms with Crippen LogP contribution < -0.4 is 5.73 Å². The number of hydrogen-bond donors (Lipinski definition) is 1. The van der Waals surface area contributed by atoms with E-state index in [4.69, 9.17) is 5.73 Å². The van der Waals surface area contributed by atoms with Gasteiger partial charge in [-0.25, -0.2) is 0 Å². The van der Waals surface area contributed by atoms with Crippen LogP contribution in [0.3, 0.4) is 0 Å². The lowest BCUT2D eigenvalue weighted by molar-refractivity contribution is -0.133. The van der Waals surface area contributed by atoms with E-state index >= 15 is 0 Å². The Morgan fingerprint density at radius 1 is 1.25 bits per heavy atom. The fourth-order valence-corrected chi connectivity index (χ4v) is 2.10. The van der Waals surface area contributed by atoms with Crippen molar-refractivity contribution in [1.82, 2.24) is 4.90 Å². The molecule has 2 N–H and O–H groups in total. The van der Waals surface area contributed by atoms with Crippen LogP contribution >= 0.6 is 0 Å². The van der Waals surface area contributed by atoms with Gasteiger partial charge >= 0.3 is 0 Å². The smallest absolute Gasteiger partial charge is 0.222 e. The minimum absolute atomic E-state index is 0.282. The number of nitrogens with two attached hydrogens (primary N) is 1. The van der Waals surface area contributed by atoms with Gasteiger partial charge in [-0.1, -0.05) is 24.3 Å². The maximum Gasteiger partial charge on any atom is 0.222 e. The van der Waals surface area contributed by atoms with Gasteiger partial charge in [0.05, 0.1) is 0 Å². The van der Waals surface area contributed by atoms with Crippen LogP contribution in [0, 0.1) is 0 Å². The van der Waals surface area contributed by atoms with Gasteiger partial charge in [-0.2, -0.15) is 0 Å². The highest BCUT2D eigenvalue weighted by Crippen LogP contribution is 2.15. The number of amides is 1. The molecule has 1 amide bonds. The summed E-state index contributed by atoms with van der Waals surface area (Å²) in [6.07, 6.45) is 2.87. The summed E-state index contributed by atoms with van der Waals surface area (Å²) in [5.41, 5.74) is 7.90. The van der Waals surface area contributed by atoms with Crippen molar-refractivity contribution >= 4 is 5.91 Å². The Morgan fingerprint density at radius 2 is 2.06 bits per heavy atom. The highest BCUT2D eigenvalue weighted by Gasteiger charge is 2.17. The molecule has 1 aromatic rings. The molecule has 1 aliphatic rings. The van der Waals surface area contributed by atoms with Crippen molar-refractivity contribution in [1.29, 1.82) is 0 Å². The third-order valence-electron chi connectivity index (χ3n) is 3.02. The van der Waals surface area contributed by atoms with Gasteiger partial charge in [-0.15, -0.1) is 0 Å². The summed E-state index contributed by atoms with van der Waals surface area (Å²) < 4.78 is 0. The van der Waals surface area contributed by atoms with Crippen molar-refractivity contribution in [2.45, 2.75) is 32.4 Å². The number of rotatable bonds is 3. The van der Waals surface area contributed by atoms with Crippen LogP contribution in [0.2, 0.25) is 0 Å². The number of nitrogens with zero attached hydrogens (tertiary/aromatic N) is 1. The average Bonchev–Trinajstić information content (AvgIpc) is 2.32. The van der Waals surface area contributed by atoms with E-state index in [0.29, 0.717) is 13.0 Å². The standard InChI is InChI=1S/C13H18N2O/c14-9-11-4-3-5-12(8-11)10-15-7-2-1-6-13(15)16/h3-5,8H,1-2,6-7,9-10,14H2. The van der Waals surface area contributed by atoms with Crippen LogP contribution in [0.15, 0.2) is 24.3 Å². The van der Waals surface area contributed by atoms with E-state index in [-0.39, 0.29) is 5.91 Å². The van der Waals surface area contributed by atoms with E-state index in [1.54, 1.807) is 0 Å². The Labute approximate surface area is 96.2 Å². The third kappa shape index (κ3) is 2.61. The van der Waals surface area contributed by atoms with Crippen LogP contribution in [0.4, 0.5) is 0 Å². The van der Waals surface area contributed by atoms with Crippen LogP contribution in [0.1, 0.15) is 30.4 Å². The lowest BCUT2D eigenvalue weighted by Crippen LogP contribution is -2.34. The minimum atomic E-state index is 0.282. The fraction of sp³-hybridized carbons (Fsp3) is 0.462. The largest absolute Gasteiger partial charge is 0.338 e. The number of carbonyl (C=O) groups excluding carboxylic acids is 1. The Balaban J connectivity index is 2.04. The van der Waals surface area contributed by atoms with E-state index in [0.717, 1.165) is 31.5 Å². The van der Waals surface area contributed by atoms with E-state index in [1.165, 1.54) is 5.56 Å². The van der Waals surface area contributed by atoms with Crippen LogP contribution in [-0.2, 0) is 17.9 Å². The minimum Gasteiger partial charge on any atom is -0.338 e. The van der Waals surface area contributed by atoms with Crippen molar-refractivity contribution in [3.63, 3.8) is 0 Å². The summed E-state index contributed by atoms with van der Waals surface area (Å²) in [6.45, 7) is 2.18. The van der Waals surface area contributed by atoms with Crippen molar-refractivity contribution in [2.24, 2.45) is 5.73 Å². The lowest BCUT2D eigenvalue weighted by atomic mass is 10.1. The highest BCUT2D eigenvalue weighted by atomic mass is 16.2. The Morgan fingerprint density at radius 3 is 2.81 bits per heavy atom. The number of benzene rings is 1. The number of carbonyl (C=O) groups is 1. The van der Waals surface area contributed by atoms with E-state index in [9.17, 15) is 4.79 Å². The van der Waals surface area contributed by atoms with E-state index in [1.807, 2.05) is 17.0 Å². The maximum absolute atomic E-state index is 11.7. The number of hydrogen-bond acceptors (Lipinski definition) is 2. The lowest BCUT2D eigenvalue weighted by Gasteiger charge is -2.26. The molecule has 1 aromatic carbocycles.